The molecule has 7 heteroatoms. The average Bonchev–Trinajstić information content (AvgIpc) is 2.96. The summed E-state index contributed by atoms with van der Waals surface area (Å²) in [5.74, 6) is -1.20. The third-order valence-electron chi connectivity index (χ3n) is 3.37. The van der Waals surface area contributed by atoms with Crippen LogP contribution in [0.3, 0.4) is 0 Å². The molecule has 1 aliphatic rings. The first kappa shape index (κ1) is 15.3. The van der Waals surface area contributed by atoms with Crippen LogP contribution in [0.25, 0.3) is 10.4 Å². The van der Waals surface area contributed by atoms with Gasteiger partial charge in [0, 0.05) is 31.9 Å². The van der Waals surface area contributed by atoms with Crippen molar-refractivity contribution in [1.29, 1.82) is 0 Å². The number of morpholine rings is 1. The molecule has 2 heterocycles. The van der Waals surface area contributed by atoms with E-state index < -0.39 is 11.6 Å². The Kier molecular flexibility index (Phi) is 4.97. The van der Waals surface area contributed by atoms with Crippen molar-refractivity contribution in [3.05, 3.63) is 36.0 Å². The SMILES string of the molecule is Fc1cc(F)cc(-c2cnc(OCCN3CCOCC3)s2)c1. The Labute approximate surface area is 131 Å². The summed E-state index contributed by atoms with van der Waals surface area (Å²) in [6, 6.07) is 3.42. The Morgan fingerprint density at radius 3 is 2.64 bits per heavy atom. The zero-order valence-electron chi connectivity index (χ0n) is 11.9. The standard InChI is InChI=1S/C15H16F2N2O2S/c16-12-7-11(8-13(17)9-12)14-10-18-15(22-14)21-6-3-19-1-4-20-5-2-19/h7-10H,1-6H2. The molecule has 0 bridgehead atoms. The van der Waals surface area contributed by atoms with Crippen LogP contribution >= 0.6 is 11.3 Å². The van der Waals surface area contributed by atoms with Crippen molar-refractivity contribution in [1.82, 2.24) is 9.88 Å². The minimum atomic E-state index is -0.599. The number of hydrogen-bond acceptors (Lipinski definition) is 5. The summed E-state index contributed by atoms with van der Waals surface area (Å²) in [5, 5.41) is 0.507. The van der Waals surface area contributed by atoms with Crippen molar-refractivity contribution in [2.45, 2.75) is 0 Å². The molecule has 0 atom stereocenters. The van der Waals surface area contributed by atoms with E-state index in [4.69, 9.17) is 9.47 Å². The van der Waals surface area contributed by atoms with E-state index in [1.165, 1.54) is 23.5 Å². The second kappa shape index (κ2) is 7.13. The highest BCUT2D eigenvalue weighted by Gasteiger charge is 2.11. The maximum Gasteiger partial charge on any atom is 0.273 e. The molecule has 2 aromatic rings. The number of aromatic nitrogens is 1. The lowest BCUT2D eigenvalue weighted by atomic mass is 10.2. The monoisotopic (exact) mass is 326 g/mol. The summed E-state index contributed by atoms with van der Waals surface area (Å²) in [5.41, 5.74) is 0.470. The van der Waals surface area contributed by atoms with Crippen molar-refractivity contribution < 1.29 is 18.3 Å². The summed E-state index contributed by atoms with van der Waals surface area (Å²) in [6.07, 6.45) is 1.57. The van der Waals surface area contributed by atoms with Crippen LogP contribution in [0, 0.1) is 11.6 Å². The van der Waals surface area contributed by atoms with Crippen molar-refractivity contribution in [2.24, 2.45) is 0 Å². The van der Waals surface area contributed by atoms with Crippen LogP contribution in [0.2, 0.25) is 0 Å². The van der Waals surface area contributed by atoms with Gasteiger partial charge in [-0.2, -0.15) is 0 Å². The van der Waals surface area contributed by atoms with E-state index in [0.29, 0.717) is 22.2 Å². The number of hydrogen-bond donors (Lipinski definition) is 0. The van der Waals surface area contributed by atoms with Gasteiger partial charge in [0.25, 0.3) is 5.19 Å². The molecule has 0 radical (unpaired) electrons. The summed E-state index contributed by atoms with van der Waals surface area (Å²) in [7, 11) is 0. The molecule has 1 aromatic heterocycles. The van der Waals surface area contributed by atoms with Gasteiger partial charge in [-0.05, 0) is 17.7 Å². The Morgan fingerprint density at radius 1 is 1.18 bits per heavy atom. The third-order valence-corrected chi connectivity index (χ3v) is 4.33. The Hall–Kier alpha value is -1.57. The van der Waals surface area contributed by atoms with E-state index in [0.717, 1.165) is 38.9 Å². The molecule has 0 amide bonds. The molecule has 0 N–H and O–H groups in total. The molecular formula is C15H16F2N2O2S. The highest BCUT2D eigenvalue weighted by molar-refractivity contribution is 7.16. The van der Waals surface area contributed by atoms with Gasteiger partial charge in [0.15, 0.2) is 0 Å². The molecule has 1 saturated heterocycles. The lowest BCUT2D eigenvalue weighted by Crippen LogP contribution is -2.38. The summed E-state index contributed by atoms with van der Waals surface area (Å²) >= 11 is 1.28. The maximum atomic E-state index is 13.2. The normalized spacial score (nSPS) is 15.9. The van der Waals surface area contributed by atoms with Crippen LogP contribution in [0.5, 0.6) is 5.19 Å². The van der Waals surface area contributed by atoms with Gasteiger partial charge in [-0.3, -0.25) is 4.90 Å². The maximum absolute atomic E-state index is 13.2. The van der Waals surface area contributed by atoms with Crippen LogP contribution in [0.1, 0.15) is 0 Å². The van der Waals surface area contributed by atoms with Crippen molar-refractivity contribution in [3.8, 4) is 15.6 Å². The number of benzene rings is 1. The fourth-order valence-corrected chi connectivity index (χ4v) is 3.02. The molecule has 0 unspecified atom stereocenters. The van der Waals surface area contributed by atoms with Gasteiger partial charge in [0.1, 0.15) is 18.2 Å². The number of nitrogens with zero attached hydrogens (tertiary/aromatic N) is 2. The summed E-state index contributed by atoms with van der Waals surface area (Å²) < 4.78 is 37.3. The predicted molar refractivity (Wildman–Crippen MR) is 80.2 cm³/mol. The van der Waals surface area contributed by atoms with Crippen LogP contribution < -0.4 is 4.74 Å². The van der Waals surface area contributed by atoms with Gasteiger partial charge in [-0.25, -0.2) is 13.8 Å². The van der Waals surface area contributed by atoms with Gasteiger partial charge in [0.2, 0.25) is 0 Å². The Morgan fingerprint density at radius 2 is 1.91 bits per heavy atom. The summed E-state index contributed by atoms with van der Waals surface area (Å²) in [6.45, 7) is 4.68. The second-order valence-corrected chi connectivity index (χ2v) is 5.94. The first-order chi connectivity index (χ1) is 10.7. The summed E-state index contributed by atoms with van der Waals surface area (Å²) in [4.78, 5) is 7.09. The molecule has 118 valence electrons. The van der Waals surface area contributed by atoms with Crippen molar-refractivity contribution in [2.75, 3.05) is 39.5 Å². The van der Waals surface area contributed by atoms with Gasteiger partial charge in [-0.1, -0.05) is 11.3 Å². The minimum absolute atomic E-state index is 0.470. The number of halogens is 2. The lowest BCUT2D eigenvalue weighted by molar-refractivity contribution is 0.0322. The lowest BCUT2D eigenvalue weighted by Gasteiger charge is -2.26. The van der Waals surface area contributed by atoms with Gasteiger partial charge >= 0.3 is 0 Å². The largest absolute Gasteiger partial charge is 0.469 e. The van der Waals surface area contributed by atoms with Crippen LogP contribution in [0.15, 0.2) is 24.4 Å². The van der Waals surface area contributed by atoms with E-state index in [1.807, 2.05) is 0 Å². The molecule has 0 spiro atoms. The van der Waals surface area contributed by atoms with Crippen molar-refractivity contribution in [3.63, 3.8) is 0 Å². The highest BCUT2D eigenvalue weighted by atomic mass is 32.1. The molecule has 22 heavy (non-hydrogen) atoms. The topological polar surface area (TPSA) is 34.6 Å². The Balaban J connectivity index is 1.56. The fourth-order valence-electron chi connectivity index (χ4n) is 2.24. The molecule has 0 aliphatic carbocycles. The molecule has 1 aromatic carbocycles. The zero-order valence-corrected chi connectivity index (χ0v) is 12.7. The second-order valence-electron chi connectivity index (χ2n) is 4.95. The van der Waals surface area contributed by atoms with Crippen LogP contribution in [-0.4, -0.2) is 49.3 Å². The van der Waals surface area contributed by atoms with E-state index in [2.05, 4.69) is 9.88 Å². The first-order valence-corrected chi connectivity index (χ1v) is 7.87. The van der Waals surface area contributed by atoms with Gasteiger partial charge in [0.05, 0.1) is 18.1 Å². The molecular weight excluding hydrogens is 310 g/mol. The molecule has 1 aliphatic heterocycles. The number of thiazole rings is 1. The van der Waals surface area contributed by atoms with Crippen LogP contribution in [-0.2, 0) is 4.74 Å². The number of ether oxygens (including phenoxy) is 2. The molecule has 4 nitrogen and oxygen atoms in total. The van der Waals surface area contributed by atoms with Gasteiger partial charge in [-0.15, -0.1) is 0 Å². The molecule has 3 rings (SSSR count). The predicted octanol–water partition coefficient (Wildman–Crippen LogP) is 2.80. The van der Waals surface area contributed by atoms with E-state index >= 15 is 0 Å². The van der Waals surface area contributed by atoms with E-state index in [-0.39, 0.29) is 0 Å². The first-order valence-electron chi connectivity index (χ1n) is 7.06. The molecule has 0 saturated carbocycles. The zero-order chi connectivity index (χ0) is 15.4. The van der Waals surface area contributed by atoms with Crippen LogP contribution in [0.4, 0.5) is 8.78 Å². The fraction of sp³-hybridized carbons (Fsp3) is 0.400. The number of rotatable bonds is 5. The van der Waals surface area contributed by atoms with Crippen molar-refractivity contribution >= 4 is 11.3 Å². The quantitative estimate of drug-likeness (QED) is 0.846. The highest BCUT2D eigenvalue weighted by Crippen LogP contribution is 2.31. The van der Waals surface area contributed by atoms with Gasteiger partial charge < -0.3 is 9.47 Å². The Bertz CT molecular complexity index is 610. The van der Waals surface area contributed by atoms with E-state index in [1.54, 1.807) is 6.20 Å². The third kappa shape index (κ3) is 4.00. The smallest absolute Gasteiger partial charge is 0.273 e. The average molecular weight is 326 g/mol. The van der Waals surface area contributed by atoms with E-state index in [9.17, 15) is 8.78 Å². The molecule has 1 fully saturated rings. The minimum Gasteiger partial charge on any atom is -0.469 e.